The van der Waals surface area contributed by atoms with Crippen molar-refractivity contribution >= 4 is 5.69 Å². The van der Waals surface area contributed by atoms with E-state index in [0.717, 1.165) is 55.7 Å². The lowest BCUT2D eigenvalue weighted by atomic mass is 9.86. The van der Waals surface area contributed by atoms with E-state index in [9.17, 15) is 0 Å². The molecule has 6 nitrogen and oxygen atoms in total. The zero-order valence-corrected chi connectivity index (χ0v) is 20.3. The lowest BCUT2D eigenvalue weighted by Gasteiger charge is -2.33. The Morgan fingerprint density at radius 2 is 1.76 bits per heavy atom. The molecule has 0 spiro atoms. The summed E-state index contributed by atoms with van der Waals surface area (Å²) in [6.07, 6.45) is 14.4. The van der Waals surface area contributed by atoms with Crippen molar-refractivity contribution in [2.24, 2.45) is 5.92 Å². The fourth-order valence-corrected chi connectivity index (χ4v) is 5.40. The monoisotopic (exact) mass is 452 g/mol. The van der Waals surface area contributed by atoms with Gasteiger partial charge >= 0.3 is 0 Å². The van der Waals surface area contributed by atoms with E-state index in [1.54, 1.807) is 0 Å². The fraction of sp³-hybridized carbons (Fsp3) is 0.704. The minimum absolute atomic E-state index is 0.227. The van der Waals surface area contributed by atoms with Gasteiger partial charge in [-0.05, 0) is 75.1 Å². The average molecular weight is 453 g/mol. The third-order valence-corrected chi connectivity index (χ3v) is 7.86. The summed E-state index contributed by atoms with van der Waals surface area (Å²) in [7, 11) is 2.24. The zero-order valence-electron chi connectivity index (χ0n) is 20.3. The van der Waals surface area contributed by atoms with Crippen molar-refractivity contribution < 1.29 is 9.47 Å². The highest BCUT2D eigenvalue weighted by atomic mass is 16.5. The Labute approximate surface area is 198 Å². The molecule has 33 heavy (non-hydrogen) atoms. The maximum atomic E-state index is 6.05. The van der Waals surface area contributed by atoms with Gasteiger partial charge in [-0.15, -0.1) is 0 Å². The van der Waals surface area contributed by atoms with Crippen molar-refractivity contribution in [1.82, 2.24) is 14.8 Å². The van der Waals surface area contributed by atoms with Crippen LogP contribution in [0.15, 0.2) is 24.3 Å². The molecule has 1 aliphatic heterocycles. The summed E-state index contributed by atoms with van der Waals surface area (Å²) in [5, 5.41) is 4.90. The second-order valence-electron chi connectivity index (χ2n) is 10.3. The zero-order chi connectivity index (χ0) is 22.5. The van der Waals surface area contributed by atoms with Crippen molar-refractivity contribution in [1.29, 1.82) is 0 Å². The summed E-state index contributed by atoms with van der Waals surface area (Å²) in [4.78, 5) is 7.36. The maximum Gasteiger partial charge on any atom is 0.181 e. The molecule has 0 radical (unpaired) electrons. The van der Waals surface area contributed by atoms with Crippen LogP contribution in [0.1, 0.15) is 76.5 Å². The van der Waals surface area contributed by atoms with E-state index in [2.05, 4.69) is 36.2 Å². The summed E-state index contributed by atoms with van der Waals surface area (Å²) in [5.74, 6) is 2.44. The predicted molar refractivity (Wildman–Crippen MR) is 131 cm³/mol. The smallest absolute Gasteiger partial charge is 0.181 e. The van der Waals surface area contributed by atoms with Crippen LogP contribution < -0.4 is 4.90 Å². The lowest BCUT2D eigenvalue weighted by molar-refractivity contribution is 0.00119. The first-order valence-corrected chi connectivity index (χ1v) is 13.2. The molecule has 1 atom stereocenters. The number of hydrogen-bond acceptors (Lipinski definition) is 5. The van der Waals surface area contributed by atoms with Crippen LogP contribution in [-0.2, 0) is 22.6 Å². The van der Waals surface area contributed by atoms with Gasteiger partial charge in [-0.2, -0.15) is 5.10 Å². The molecule has 6 heteroatoms. The molecule has 5 rings (SSSR count). The number of nitrogens with zero attached hydrogens (tertiary/aromatic N) is 4. The van der Waals surface area contributed by atoms with Gasteiger partial charge in [0.2, 0.25) is 0 Å². The molecule has 180 valence electrons. The van der Waals surface area contributed by atoms with Crippen molar-refractivity contribution in [3.63, 3.8) is 0 Å². The van der Waals surface area contributed by atoms with E-state index < -0.39 is 0 Å². The van der Waals surface area contributed by atoms with Gasteiger partial charge in [0.1, 0.15) is 6.61 Å². The summed E-state index contributed by atoms with van der Waals surface area (Å²) >= 11 is 0. The van der Waals surface area contributed by atoms with Crippen LogP contribution in [0.25, 0.3) is 11.4 Å². The van der Waals surface area contributed by atoms with Crippen LogP contribution in [0, 0.1) is 5.92 Å². The van der Waals surface area contributed by atoms with Crippen LogP contribution >= 0.6 is 0 Å². The molecule has 2 saturated carbocycles. The summed E-state index contributed by atoms with van der Waals surface area (Å²) < 4.78 is 14.1. The van der Waals surface area contributed by atoms with Crippen LogP contribution in [0.5, 0.6) is 0 Å². The van der Waals surface area contributed by atoms with Gasteiger partial charge in [0.15, 0.2) is 11.6 Å². The van der Waals surface area contributed by atoms with Crippen LogP contribution in [0.2, 0.25) is 0 Å². The molecule has 2 heterocycles. The van der Waals surface area contributed by atoms with Gasteiger partial charge in [-0.3, -0.25) is 0 Å². The summed E-state index contributed by atoms with van der Waals surface area (Å²) in [6, 6.07) is 9.45. The van der Waals surface area contributed by atoms with Crippen molar-refractivity contribution in [2.45, 2.75) is 95.9 Å². The molecule has 2 aromatic rings. The first-order chi connectivity index (χ1) is 16.3. The van der Waals surface area contributed by atoms with Crippen LogP contribution in [-0.4, -0.2) is 47.2 Å². The molecule has 1 aromatic heterocycles. The average Bonchev–Trinajstić information content (AvgIpc) is 3.24. The Bertz CT molecular complexity index is 865. The van der Waals surface area contributed by atoms with Gasteiger partial charge in [-0.25, -0.2) is 9.67 Å². The number of rotatable bonds is 9. The van der Waals surface area contributed by atoms with E-state index in [0.29, 0.717) is 12.6 Å². The topological polar surface area (TPSA) is 52.4 Å². The SMILES string of the molecule is CN(c1ccc(-c2nc(COCC3CCC3)n(CC3CCCCO3)n2)cc1)C1CCCCC1. The third kappa shape index (κ3) is 5.78. The molecule has 0 bridgehead atoms. The van der Waals surface area contributed by atoms with Crippen molar-refractivity contribution in [2.75, 3.05) is 25.2 Å². The number of aromatic nitrogens is 3. The highest BCUT2D eigenvalue weighted by Gasteiger charge is 2.22. The second-order valence-corrected chi connectivity index (χ2v) is 10.3. The van der Waals surface area contributed by atoms with Crippen LogP contribution in [0.3, 0.4) is 0 Å². The molecule has 0 amide bonds. The molecular weight excluding hydrogens is 412 g/mol. The van der Waals surface area contributed by atoms with Gasteiger partial charge in [0, 0.05) is 37.6 Å². The molecule has 1 aromatic carbocycles. The van der Waals surface area contributed by atoms with E-state index in [1.165, 1.54) is 63.5 Å². The fourth-order valence-electron chi connectivity index (χ4n) is 5.40. The molecular formula is C27H40N4O2. The first kappa shape index (κ1) is 22.9. The Hall–Kier alpha value is -1.92. The lowest BCUT2D eigenvalue weighted by Crippen LogP contribution is -2.33. The predicted octanol–water partition coefficient (Wildman–Crippen LogP) is 5.60. The minimum atomic E-state index is 0.227. The third-order valence-electron chi connectivity index (χ3n) is 7.86. The molecule has 1 unspecified atom stereocenters. The summed E-state index contributed by atoms with van der Waals surface area (Å²) in [5.41, 5.74) is 2.35. The Balaban J connectivity index is 1.28. The molecule has 1 saturated heterocycles. The molecule has 3 fully saturated rings. The normalized spacial score (nSPS) is 22.3. The van der Waals surface area contributed by atoms with E-state index in [-0.39, 0.29) is 6.10 Å². The largest absolute Gasteiger partial charge is 0.376 e. The number of benzene rings is 1. The van der Waals surface area contributed by atoms with Crippen molar-refractivity contribution in [3.8, 4) is 11.4 Å². The van der Waals surface area contributed by atoms with E-state index in [4.69, 9.17) is 19.6 Å². The number of ether oxygens (including phenoxy) is 2. The quantitative estimate of drug-likeness (QED) is 0.496. The summed E-state index contributed by atoms with van der Waals surface area (Å²) in [6.45, 7) is 2.98. The van der Waals surface area contributed by atoms with E-state index in [1.807, 2.05) is 4.68 Å². The standard InChI is InChI=1S/C27H40N4O2/c1-30(23-10-3-2-4-11-23)24-15-13-22(14-16-24)27-28-26(20-32-19-21-8-7-9-21)31(29-27)18-25-12-5-6-17-33-25/h13-16,21,23,25H,2-12,17-20H2,1H3. The number of anilines is 1. The highest BCUT2D eigenvalue weighted by Crippen LogP contribution is 2.29. The minimum Gasteiger partial charge on any atom is -0.376 e. The van der Waals surface area contributed by atoms with E-state index >= 15 is 0 Å². The molecule has 0 N–H and O–H groups in total. The van der Waals surface area contributed by atoms with Gasteiger partial charge < -0.3 is 14.4 Å². The Kier molecular flexibility index (Phi) is 7.62. The second kappa shape index (κ2) is 11.0. The van der Waals surface area contributed by atoms with Gasteiger partial charge in [0.25, 0.3) is 0 Å². The molecule has 3 aliphatic rings. The molecule has 2 aliphatic carbocycles. The Morgan fingerprint density at radius 3 is 2.45 bits per heavy atom. The van der Waals surface area contributed by atoms with Gasteiger partial charge in [0.05, 0.1) is 12.6 Å². The maximum absolute atomic E-state index is 6.05. The van der Waals surface area contributed by atoms with Crippen LogP contribution in [0.4, 0.5) is 5.69 Å². The van der Waals surface area contributed by atoms with Crippen molar-refractivity contribution in [3.05, 3.63) is 30.1 Å². The first-order valence-electron chi connectivity index (χ1n) is 13.2. The number of hydrogen-bond donors (Lipinski definition) is 0. The highest BCUT2D eigenvalue weighted by molar-refractivity contribution is 5.60. The Morgan fingerprint density at radius 1 is 0.970 bits per heavy atom. The van der Waals surface area contributed by atoms with Gasteiger partial charge in [-0.1, -0.05) is 25.7 Å².